The maximum absolute atomic E-state index is 13.9. The molecule has 4 nitrogen and oxygen atoms in total. The molecular formula is C25H21F2NO3. The van der Waals surface area contributed by atoms with Gasteiger partial charge in [0.25, 0.3) is 0 Å². The van der Waals surface area contributed by atoms with Crippen LogP contribution in [0.1, 0.15) is 33.7 Å². The van der Waals surface area contributed by atoms with Gasteiger partial charge in [-0.25, -0.2) is 8.78 Å². The van der Waals surface area contributed by atoms with Crippen molar-refractivity contribution in [2.24, 2.45) is 17.8 Å². The van der Waals surface area contributed by atoms with Gasteiger partial charge in [-0.2, -0.15) is 5.26 Å². The number of hydrogen-bond acceptors (Lipinski definition) is 4. The fourth-order valence-electron chi connectivity index (χ4n) is 5.98. The number of Topliss-reactive ketones (excluding diaryl/α,β-unsaturated/α-hetero) is 1. The third-order valence-corrected chi connectivity index (χ3v) is 7.03. The minimum Gasteiger partial charge on any atom is -0.511 e. The van der Waals surface area contributed by atoms with Gasteiger partial charge in [0, 0.05) is 5.92 Å². The second-order valence-corrected chi connectivity index (χ2v) is 8.87. The summed E-state index contributed by atoms with van der Waals surface area (Å²) in [5.41, 5.74) is 4.32. The maximum Gasteiger partial charge on any atom is 0.173 e. The number of ketones is 1. The molecule has 6 heteroatoms. The number of allylic oxidation sites excluding steroid dienone is 1. The Morgan fingerprint density at radius 1 is 0.968 bits per heavy atom. The van der Waals surface area contributed by atoms with E-state index in [4.69, 9.17) is 4.74 Å². The summed E-state index contributed by atoms with van der Waals surface area (Å²) in [5.74, 6) is -4.70. The van der Waals surface area contributed by atoms with Crippen molar-refractivity contribution in [2.75, 3.05) is 0 Å². The van der Waals surface area contributed by atoms with E-state index in [1.165, 1.54) is 6.07 Å². The molecule has 31 heavy (non-hydrogen) atoms. The molecule has 6 atom stereocenters. The number of aliphatic hydroxyl groups excluding tert-OH is 1. The second-order valence-electron chi connectivity index (χ2n) is 8.87. The molecule has 158 valence electrons. The smallest absolute Gasteiger partial charge is 0.173 e. The van der Waals surface area contributed by atoms with Gasteiger partial charge in [0.05, 0.1) is 41.6 Å². The van der Waals surface area contributed by atoms with Crippen LogP contribution in [0.15, 0.2) is 36.1 Å². The van der Waals surface area contributed by atoms with Crippen LogP contribution in [0.3, 0.4) is 0 Å². The average molecular weight is 421 g/mol. The van der Waals surface area contributed by atoms with E-state index in [0.717, 1.165) is 34.4 Å². The number of rotatable bonds is 2. The Balaban J connectivity index is 1.62. The lowest BCUT2D eigenvalue weighted by Gasteiger charge is -2.31. The van der Waals surface area contributed by atoms with E-state index in [2.05, 4.69) is 6.07 Å². The Hall–Kier alpha value is -3.04. The predicted molar refractivity (Wildman–Crippen MR) is 109 cm³/mol. The first-order valence-electron chi connectivity index (χ1n) is 10.3. The fraction of sp³-hybridized carbons (Fsp3) is 0.360. The molecule has 0 amide bonds. The van der Waals surface area contributed by atoms with Crippen molar-refractivity contribution >= 4 is 11.4 Å². The van der Waals surface area contributed by atoms with Gasteiger partial charge in [-0.1, -0.05) is 23.8 Å². The lowest BCUT2D eigenvalue weighted by molar-refractivity contribution is -0.119. The molecule has 2 aromatic rings. The zero-order valence-corrected chi connectivity index (χ0v) is 17.3. The van der Waals surface area contributed by atoms with Gasteiger partial charge in [-0.05, 0) is 55.2 Å². The van der Waals surface area contributed by atoms with Crippen LogP contribution < -0.4 is 0 Å². The number of nitriles is 1. The molecule has 2 saturated heterocycles. The molecule has 1 aliphatic carbocycles. The van der Waals surface area contributed by atoms with Crippen LogP contribution in [0.2, 0.25) is 0 Å². The average Bonchev–Trinajstić information content (AvgIpc) is 3.34. The van der Waals surface area contributed by atoms with Crippen LogP contribution in [0.25, 0.3) is 5.57 Å². The number of hydrogen-bond donors (Lipinski definition) is 1. The van der Waals surface area contributed by atoms with E-state index in [1.54, 1.807) is 0 Å². The first kappa shape index (κ1) is 19.9. The molecule has 0 aromatic heterocycles. The standard InChI is InChI=1S/C25H21F2NO3/c1-10-6-11(2)17(12(3)7-10)19-22(29)20-21(23(19)30)25-18(14(9-28)24(20)31-25)13-4-5-15(26)16(27)8-13/h4-8,14,18,20-21,24-25,30H,1-3H3/t14?,18-,20+,21-,24+,25-/m1/s1. The minimum absolute atomic E-state index is 0.0264. The van der Waals surface area contributed by atoms with Crippen molar-refractivity contribution in [1.29, 1.82) is 5.26 Å². The number of aliphatic hydroxyl groups is 1. The van der Waals surface area contributed by atoms with Crippen molar-refractivity contribution in [3.05, 3.63) is 75.5 Å². The summed E-state index contributed by atoms with van der Waals surface area (Å²) in [4.78, 5) is 13.5. The third-order valence-electron chi connectivity index (χ3n) is 7.03. The van der Waals surface area contributed by atoms with Crippen molar-refractivity contribution in [3.8, 4) is 6.07 Å². The number of benzene rings is 2. The van der Waals surface area contributed by atoms with E-state index in [9.17, 15) is 23.9 Å². The first-order valence-corrected chi connectivity index (χ1v) is 10.3. The highest BCUT2D eigenvalue weighted by Crippen LogP contribution is 2.60. The number of ether oxygens (including phenoxy) is 1. The van der Waals surface area contributed by atoms with Crippen LogP contribution in [0.4, 0.5) is 8.78 Å². The van der Waals surface area contributed by atoms with Crippen LogP contribution in [-0.2, 0) is 9.53 Å². The van der Waals surface area contributed by atoms with Crippen molar-refractivity contribution < 1.29 is 23.4 Å². The summed E-state index contributed by atoms with van der Waals surface area (Å²) in [6.07, 6.45) is -1.35. The monoisotopic (exact) mass is 421 g/mol. The third kappa shape index (κ3) is 2.63. The molecule has 2 bridgehead atoms. The zero-order chi connectivity index (χ0) is 22.2. The lowest BCUT2D eigenvalue weighted by Crippen LogP contribution is -2.39. The normalized spacial score (nSPS) is 31.3. The van der Waals surface area contributed by atoms with Crippen LogP contribution >= 0.6 is 0 Å². The number of aryl methyl sites for hydroxylation is 3. The Bertz CT molecular complexity index is 1190. The number of nitrogens with zero attached hydrogens (tertiary/aromatic N) is 1. The SMILES string of the molecule is Cc1cc(C)c(C2=C(O)[C@@H]3[C@@H]4O[C@@H](C(C#N)[C@H]4c4ccc(F)c(F)c4)[C@@H]3C2=O)c(C)c1. The van der Waals surface area contributed by atoms with Gasteiger partial charge in [-0.3, -0.25) is 4.79 Å². The number of halogens is 2. The van der Waals surface area contributed by atoms with Crippen LogP contribution in [0, 0.1) is 61.5 Å². The van der Waals surface area contributed by atoms with Gasteiger partial charge in [0.2, 0.25) is 0 Å². The number of fused-ring (bicyclic) bond motifs is 5. The topological polar surface area (TPSA) is 70.3 Å². The van der Waals surface area contributed by atoms with E-state index in [-0.39, 0.29) is 11.5 Å². The van der Waals surface area contributed by atoms with Gasteiger partial charge >= 0.3 is 0 Å². The Labute approximate surface area is 178 Å². The molecule has 2 fully saturated rings. The Morgan fingerprint density at radius 2 is 1.65 bits per heavy atom. The lowest BCUT2D eigenvalue weighted by atomic mass is 9.67. The number of carbonyl (C=O) groups excluding carboxylic acids is 1. The highest BCUT2D eigenvalue weighted by molar-refractivity contribution is 6.26. The molecule has 5 rings (SSSR count). The highest BCUT2D eigenvalue weighted by atomic mass is 19.2. The van der Waals surface area contributed by atoms with Gasteiger partial charge in [0.1, 0.15) is 5.76 Å². The molecule has 3 aliphatic rings. The van der Waals surface area contributed by atoms with Crippen molar-refractivity contribution in [3.63, 3.8) is 0 Å². The molecule has 2 aromatic carbocycles. The van der Waals surface area contributed by atoms with Crippen molar-refractivity contribution in [2.45, 2.75) is 38.9 Å². The molecule has 1 unspecified atom stereocenters. The van der Waals surface area contributed by atoms with E-state index >= 15 is 0 Å². The van der Waals surface area contributed by atoms with E-state index in [1.807, 2.05) is 32.9 Å². The molecule has 0 saturated carbocycles. The fourth-order valence-corrected chi connectivity index (χ4v) is 5.98. The van der Waals surface area contributed by atoms with E-state index < -0.39 is 47.5 Å². The predicted octanol–water partition coefficient (Wildman–Crippen LogP) is 4.68. The number of carbonyl (C=O) groups is 1. The van der Waals surface area contributed by atoms with Gasteiger partial charge in [-0.15, -0.1) is 0 Å². The second kappa shape index (κ2) is 6.73. The summed E-state index contributed by atoms with van der Waals surface area (Å²) >= 11 is 0. The maximum atomic E-state index is 13.9. The van der Waals surface area contributed by atoms with Crippen LogP contribution in [0.5, 0.6) is 0 Å². The molecule has 2 aliphatic heterocycles. The molecule has 0 radical (unpaired) electrons. The summed E-state index contributed by atoms with van der Waals surface area (Å²) < 4.78 is 33.4. The van der Waals surface area contributed by atoms with Crippen LogP contribution in [-0.4, -0.2) is 23.1 Å². The summed E-state index contributed by atoms with van der Waals surface area (Å²) in [7, 11) is 0. The quantitative estimate of drug-likeness (QED) is 0.765. The Morgan fingerprint density at radius 3 is 2.26 bits per heavy atom. The van der Waals surface area contributed by atoms with Gasteiger partial charge in [0.15, 0.2) is 17.4 Å². The van der Waals surface area contributed by atoms with E-state index in [0.29, 0.717) is 11.1 Å². The van der Waals surface area contributed by atoms with Gasteiger partial charge < -0.3 is 9.84 Å². The molecular weight excluding hydrogens is 400 g/mol. The highest BCUT2D eigenvalue weighted by Gasteiger charge is 2.66. The zero-order valence-electron chi connectivity index (χ0n) is 17.3. The Kier molecular flexibility index (Phi) is 4.32. The minimum atomic E-state index is -0.998. The largest absolute Gasteiger partial charge is 0.511 e. The summed E-state index contributed by atoms with van der Waals surface area (Å²) in [6, 6.07) is 9.71. The van der Waals surface area contributed by atoms with Crippen molar-refractivity contribution in [1.82, 2.24) is 0 Å². The first-order chi connectivity index (χ1) is 14.7. The summed E-state index contributed by atoms with van der Waals surface area (Å²) in [6.45, 7) is 5.79. The summed E-state index contributed by atoms with van der Waals surface area (Å²) in [5, 5.41) is 21.0. The molecule has 1 N–H and O–H groups in total. The molecule has 2 heterocycles. The molecule has 0 spiro atoms.